The van der Waals surface area contributed by atoms with Crippen molar-refractivity contribution in [1.29, 1.82) is 0 Å². The van der Waals surface area contributed by atoms with Gasteiger partial charge in [-0.15, -0.1) is 12.4 Å². The number of anilines is 1. The topological polar surface area (TPSA) is 41.1 Å². The third-order valence-electron chi connectivity index (χ3n) is 2.82. The zero-order chi connectivity index (χ0) is 11.5. The molecule has 5 heteroatoms. The molecular formula is C12H16ClIN2O. The molecule has 1 heterocycles. The highest BCUT2D eigenvalue weighted by atomic mass is 127. The molecule has 1 fully saturated rings. The van der Waals surface area contributed by atoms with E-state index in [-0.39, 0.29) is 24.4 Å². The van der Waals surface area contributed by atoms with E-state index in [0.29, 0.717) is 0 Å². The van der Waals surface area contributed by atoms with Crippen LogP contribution >= 0.6 is 35.0 Å². The molecule has 17 heavy (non-hydrogen) atoms. The lowest BCUT2D eigenvalue weighted by Crippen LogP contribution is -2.35. The predicted octanol–water partition coefficient (Wildman–Crippen LogP) is 2.71. The maximum Gasteiger partial charge on any atom is 0.241 e. The second-order valence-corrected chi connectivity index (χ2v) is 5.34. The molecule has 1 aromatic rings. The van der Waals surface area contributed by atoms with E-state index in [4.69, 9.17) is 0 Å². The van der Waals surface area contributed by atoms with Gasteiger partial charge in [0.15, 0.2) is 0 Å². The zero-order valence-electron chi connectivity index (χ0n) is 9.63. The molecule has 0 bridgehead atoms. The second kappa shape index (κ2) is 6.56. The third-order valence-corrected chi connectivity index (χ3v) is 3.49. The van der Waals surface area contributed by atoms with Crippen molar-refractivity contribution in [1.82, 2.24) is 5.32 Å². The Balaban J connectivity index is 0.00000144. The zero-order valence-corrected chi connectivity index (χ0v) is 12.6. The summed E-state index contributed by atoms with van der Waals surface area (Å²) in [6, 6.07) is 6.02. The van der Waals surface area contributed by atoms with Gasteiger partial charge in [-0.3, -0.25) is 4.79 Å². The summed E-state index contributed by atoms with van der Waals surface area (Å²) >= 11 is 2.27. The lowest BCUT2D eigenvalue weighted by atomic mass is 10.1. The van der Waals surface area contributed by atoms with Crippen molar-refractivity contribution in [3.8, 4) is 0 Å². The molecule has 3 nitrogen and oxygen atoms in total. The van der Waals surface area contributed by atoms with E-state index in [1.54, 1.807) is 0 Å². The van der Waals surface area contributed by atoms with Crippen molar-refractivity contribution in [3.63, 3.8) is 0 Å². The van der Waals surface area contributed by atoms with Crippen molar-refractivity contribution in [2.45, 2.75) is 25.8 Å². The maximum absolute atomic E-state index is 11.9. The number of carbonyl (C=O) groups excluding carboxylic acids is 1. The molecule has 1 unspecified atom stereocenters. The highest BCUT2D eigenvalue weighted by Crippen LogP contribution is 2.18. The van der Waals surface area contributed by atoms with E-state index in [1.165, 1.54) is 3.57 Å². The van der Waals surface area contributed by atoms with Gasteiger partial charge in [-0.25, -0.2) is 0 Å². The second-order valence-electron chi connectivity index (χ2n) is 4.10. The van der Waals surface area contributed by atoms with Crippen molar-refractivity contribution in [2.75, 3.05) is 11.9 Å². The maximum atomic E-state index is 11.9. The van der Waals surface area contributed by atoms with Crippen LogP contribution in [0.3, 0.4) is 0 Å². The fourth-order valence-corrected chi connectivity index (χ4v) is 2.54. The first-order valence-corrected chi connectivity index (χ1v) is 6.55. The van der Waals surface area contributed by atoms with Crippen LogP contribution in [0.2, 0.25) is 0 Å². The summed E-state index contributed by atoms with van der Waals surface area (Å²) in [5.74, 6) is 0.0850. The number of nitrogens with one attached hydrogen (secondary N) is 2. The number of hydrogen-bond donors (Lipinski definition) is 2. The summed E-state index contributed by atoms with van der Waals surface area (Å²) < 4.78 is 1.19. The van der Waals surface area contributed by atoms with Crippen LogP contribution in [-0.2, 0) is 4.79 Å². The van der Waals surface area contributed by atoms with E-state index in [0.717, 1.165) is 30.6 Å². The summed E-state index contributed by atoms with van der Waals surface area (Å²) in [5, 5.41) is 6.17. The van der Waals surface area contributed by atoms with Crippen molar-refractivity contribution in [3.05, 3.63) is 27.3 Å². The molecule has 0 spiro atoms. The highest BCUT2D eigenvalue weighted by molar-refractivity contribution is 14.1. The van der Waals surface area contributed by atoms with Gasteiger partial charge in [-0.05, 0) is 72.7 Å². The molecule has 94 valence electrons. The molecular weight excluding hydrogens is 351 g/mol. The van der Waals surface area contributed by atoms with Gasteiger partial charge >= 0.3 is 0 Å². The standard InChI is InChI=1S/C12H15IN2O.ClH/c1-8-7-9(13)4-5-10(8)15-12(16)11-3-2-6-14-11;/h4-5,7,11,14H,2-3,6H2,1H3,(H,15,16);1H. The number of halogens is 2. The first kappa shape index (κ1) is 14.7. The monoisotopic (exact) mass is 366 g/mol. The van der Waals surface area contributed by atoms with Gasteiger partial charge in [0.1, 0.15) is 0 Å². The minimum Gasteiger partial charge on any atom is -0.324 e. The van der Waals surface area contributed by atoms with Gasteiger partial charge in [-0.2, -0.15) is 0 Å². The first-order valence-electron chi connectivity index (χ1n) is 5.47. The van der Waals surface area contributed by atoms with Gasteiger partial charge in [0, 0.05) is 9.26 Å². The van der Waals surface area contributed by atoms with Crippen LogP contribution in [0.4, 0.5) is 5.69 Å². The van der Waals surface area contributed by atoms with E-state index >= 15 is 0 Å². The highest BCUT2D eigenvalue weighted by Gasteiger charge is 2.22. The molecule has 0 radical (unpaired) electrons. The average Bonchev–Trinajstić information content (AvgIpc) is 2.75. The molecule has 0 aromatic heterocycles. The summed E-state index contributed by atoms with van der Waals surface area (Å²) in [7, 11) is 0. The Bertz CT molecular complexity index is 405. The van der Waals surface area contributed by atoms with E-state index < -0.39 is 0 Å². The summed E-state index contributed by atoms with van der Waals surface area (Å²) in [6.07, 6.45) is 2.03. The van der Waals surface area contributed by atoms with Crippen LogP contribution in [0, 0.1) is 10.5 Å². The number of amides is 1. The largest absolute Gasteiger partial charge is 0.324 e. The van der Waals surface area contributed by atoms with Gasteiger partial charge in [-0.1, -0.05) is 0 Å². The first-order chi connectivity index (χ1) is 7.66. The van der Waals surface area contributed by atoms with Crippen molar-refractivity contribution in [2.24, 2.45) is 0 Å². The number of hydrogen-bond acceptors (Lipinski definition) is 2. The SMILES string of the molecule is Cc1cc(I)ccc1NC(=O)C1CCCN1.Cl. The summed E-state index contributed by atoms with van der Waals surface area (Å²) in [5.41, 5.74) is 2.03. The minimum absolute atomic E-state index is 0. The number of benzene rings is 1. The molecule has 1 aliphatic heterocycles. The Labute approximate surface area is 121 Å². The van der Waals surface area contributed by atoms with E-state index in [9.17, 15) is 4.79 Å². The Morgan fingerprint density at radius 1 is 1.53 bits per heavy atom. The molecule has 2 rings (SSSR count). The summed E-state index contributed by atoms with van der Waals surface area (Å²) in [6.45, 7) is 2.96. The quantitative estimate of drug-likeness (QED) is 0.790. The van der Waals surface area contributed by atoms with Gasteiger partial charge in [0.2, 0.25) is 5.91 Å². The fraction of sp³-hybridized carbons (Fsp3) is 0.417. The van der Waals surface area contributed by atoms with Crippen LogP contribution in [0.25, 0.3) is 0 Å². The van der Waals surface area contributed by atoms with Crippen LogP contribution in [-0.4, -0.2) is 18.5 Å². The molecule has 2 N–H and O–H groups in total. The normalized spacial score (nSPS) is 18.6. The molecule has 1 aliphatic rings. The Morgan fingerprint density at radius 2 is 2.29 bits per heavy atom. The number of aryl methyl sites for hydroxylation is 1. The van der Waals surface area contributed by atoms with Crippen molar-refractivity contribution < 1.29 is 4.79 Å². The molecule has 0 aliphatic carbocycles. The predicted molar refractivity (Wildman–Crippen MR) is 80.8 cm³/mol. The molecule has 1 saturated heterocycles. The van der Waals surface area contributed by atoms with Crippen LogP contribution in [0.5, 0.6) is 0 Å². The molecule has 1 amide bonds. The smallest absolute Gasteiger partial charge is 0.241 e. The van der Waals surface area contributed by atoms with E-state index in [2.05, 4.69) is 39.3 Å². The van der Waals surface area contributed by atoms with Crippen LogP contribution < -0.4 is 10.6 Å². The molecule has 1 aromatic carbocycles. The van der Waals surface area contributed by atoms with E-state index in [1.807, 2.05) is 19.1 Å². The lowest BCUT2D eigenvalue weighted by Gasteiger charge is -2.13. The number of rotatable bonds is 2. The third kappa shape index (κ3) is 3.82. The summed E-state index contributed by atoms with van der Waals surface area (Å²) in [4.78, 5) is 11.9. The fourth-order valence-electron chi connectivity index (χ4n) is 1.90. The Morgan fingerprint density at radius 3 is 2.88 bits per heavy atom. The Hall–Kier alpha value is -0.330. The van der Waals surface area contributed by atoms with Gasteiger partial charge < -0.3 is 10.6 Å². The number of carbonyl (C=O) groups is 1. The van der Waals surface area contributed by atoms with Crippen LogP contribution in [0.15, 0.2) is 18.2 Å². The average molecular weight is 367 g/mol. The molecule has 0 saturated carbocycles. The molecule has 1 atom stereocenters. The van der Waals surface area contributed by atoms with Crippen molar-refractivity contribution >= 4 is 46.6 Å². The van der Waals surface area contributed by atoms with Crippen LogP contribution in [0.1, 0.15) is 18.4 Å². The lowest BCUT2D eigenvalue weighted by molar-refractivity contribution is -0.117. The Kier molecular flexibility index (Phi) is 5.69. The van der Waals surface area contributed by atoms with Gasteiger partial charge in [0.25, 0.3) is 0 Å². The minimum atomic E-state index is -0.0151. The van der Waals surface area contributed by atoms with Gasteiger partial charge in [0.05, 0.1) is 6.04 Å².